The van der Waals surface area contributed by atoms with Gasteiger partial charge in [-0.2, -0.15) is 0 Å². The molecule has 0 aromatic rings. The molecule has 4 rings (SSSR count). The number of ether oxygens (including phenoxy) is 1. The van der Waals surface area contributed by atoms with E-state index in [0.29, 0.717) is 37.2 Å². The second kappa shape index (κ2) is 5.14. The van der Waals surface area contributed by atoms with Gasteiger partial charge in [-0.3, -0.25) is 4.79 Å². The molecule has 4 aliphatic rings. The van der Waals surface area contributed by atoms with Crippen LogP contribution in [0.2, 0.25) is 0 Å². The van der Waals surface area contributed by atoms with E-state index in [9.17, 15) is 14.7 Å². The van der Waals surface area contributed by atoms with Gasteiger partial charge in [-0.25, -0.2) is 0 Å². The molecule has 4 nitrogen and oxygen atoms in total. The second-order valence-electron chi connectivity index (χ2n) is 9.63. The molecule has 4 heteroatoms. The maximum atomic E-state index is 12.2. The molecule has 0 aromatic heterocycles. The van der Waals surface area contributed by atoms with Crippen LogP contribution in [0, 0.1) is 34.5 Å². The molecule has 0 bridgehead atoms. The Morgan fingerprint density at radius 2 is 1.96 bits per heavy atom. The third-order valence-electron chi connectivity index (χ3n) is 8.60. The molecule has 0 radical (unpaired) electrons. The predicted molar refractivity (Wildman–Crippen MR) is 89.3 cm³/mol. The van der Waals surface area contributed by atoms with Crippen molar-refractivity contribution in [1.29, 1.82) is 0 Å². The van der Waals surface area contributed by atoms with Gasteiger partial charge in [0.15, 0.2) is 0 Å². The predicted octanol–water partition coefficient (Wildman–Crippen LogP) is 2.76. The maximum absolute atomic E-state index is 12.2. The third kappa shape index (κ3) is 1.99. The summed E-state index contributed by atoms with van der Waals surface area (Å²) in [7, 11) is 0. The molecule has 0 spiro atoms. The Morgan fingerprint density at radius 3 is 2.67 bits per heavy atom. The quantitative estimate of drug-likeness (QED) is 0.591. The Kier molecular flexibility index (Phi) is 3.58. The van der Waals surface area contributed by atoms with E-state index in [1.54, 1.807) is 0 Å². The summed E-state index contributed by atoms with van der Waals surface area (Å²) in [6, 6.07) is 0. The van der Waals surface area contributed by atoms with Gasteiger partial charge in [0.2, 0.25) is 0 Å². The lowest BCUT2D eigenvalue weighted by Gasteiger charge is -2.60. The van der Waals surface area contributed by atoms with Gasteiger partial charge >= 0.3 is 0 Å². The van der Waals surface area contributed by atoms with Gasteiger partial charge in [-0.05, 0) is 62.2 Å². The summed E-state index contributed by atoms with van der Waals surface area (Å²) >= 11 is 0. The van der Waals surface area contributed by atoms with Crippen LogP contribution in [-0.4, -0.2) is 35.5 Å². The minimum atomic E-state index is -0.756. The molecule has 1 heterocycles. The standard InChI is InChI=1S/C20H30O4/c1-18-9-12(10-21)16(22)8-13(18)4-5-14-15(18)6-7-19(2)17(14)24-11-20(19,3)23/h10,12-15,17,23H,4-9,11H2,1-3H3/t12?,13-,14+,15-,17-,18-,19-,20-/m0/s1. The number of rotatable bonds is 1. The highest BCUT2D eigenvalue weighted by molar-refractivity contribution is 5.94. The van der Waals surface area contributed by atoms with Crippen LogP contribution in [0.5, 0.6) is 0 Å². The van der Waals surface area contributed by atoms with Crippen molar-refractivity contribution in [3.63, 3.8) is 0 Å². The molecule has 3 aliphatic carbocycles. The largest absolute Gasteiger partial charge is 0.387 e. The Morgan fingerprint density at radius 1 is 1.21 bits per heavy atom. The molecule has 24 heavy (non-hydrogen) atoms. The maximum Gasteiger partial charge on any atom is 0.143 e. The first-order valence-electron chi connectivity index (χ1n) is 9.55. The fraction of sp³-hybridized carbons (Fsp3) is 0.900. The Hall–Kier alpha value is -0.740. The number of Topliss-reactive ketones (excluding diaryl/α,β-unsaturated/α-hetero) is 1. The fourth-order valence-corrected chi connectivity index (χ4v) is 6.75. The minimum absolute atomic E-state index is 0.0571. The first-order chi connectivity index (χ1) is 11.2. The molecule has 8 atom stereocenters. The minimum Gasteiger partial charge on any atom is -0.387 e. The number of carbonyl (C=O) groups excluding carboxylic acids is 2. The molecule has 0 aromatic carbocycles. The molecule has 1 N–H and O–H groups in total. The number of hydrogen-bond donors (Lipinski definition) is 1. The molecule has 134 valence electrons. The van der Waals surface area contributed by atoms with E-state index in [2.05, 4.69) is 13.8 Å². The van der Waals surface area contributed by atoms with E-state index >= 15 is 0 Å². The van der Waals surface area contributed by atoms with E-state index in [1.807, 2.05) is 6.92 Å². The molecular formula is C20H30O4. The Labute approximate surface area is 144 Å². The van der Waals surface area contributed by atoms with Crippen LogP contribution in [0.3, 0.4) is 0 Å². The van der Waals surface area contributed by atoms with E-state index < -0.39 is 11.5 Å². The Balaban J connectivity index is 1.66. The van der Waals surface area contributed by atoms with Crippen molar-refractivity contribution >= 4 is 12.1 Å². The monoisotopic (exact) mass is 334 g/mol. The van der Waals surface area contributed by atoms with E-state index in [4.69, 9.17) is 4.74 Å². The molecule has 0 amide bonds. The van der Waals surface area contributed by atoms with E-state index in [-0.39, 0.29) is 22.7 Å². The number of carbonyl (C=O) groups is 2. The number of aldehydes is 1. The van der Waals surface area contributed by atoms with Crippen LogP contribution in [0.1, 0.15) is 59.3 Å². The SMILES string of the molecule is C[C@]12CC(C=O)C(=O)C[C@@H]1CC[C@@H]1[C@@H]2CC[C@@]2(C)[C@H]1OC[C@]2(C)O. The van der Waals surface area contributed by atoms with Crippen LogP contribution in [0.15, 0.2) is 0 Å². The van der Waals surface area contributed by atoms with Crippen LogP contribution in [0.25, 0.3) is 0 Å². The summed E-state index contributed by atoms with van der Waals surface area (Å²) in [6.45, 7) is 6.84. The van der Waals surface area contributed by atoms with Crippen molar-refractivity contribution in [3.05, 3.63) is 0 Å². The third-order valence-corrected chi connectivity index (χ3v) is 8.60. The fourth-order valence-electron chi connectivity index (χ4n) is 6.75. The average Bonchev–Trinajstić information content (AvgIpc) is 2.77. The van der Waals surface area contributed by atoms with Crippen LogP contribution in [-0.2, 0) is 14.3 Å². The van der Waals surface area contributed by atoms with Crippen molar-refractivity contribution in [3.8, 4) is 0 Å². The number of aliphatic hydroxyl groups is 1. The highest BCUT2D eigenvalue weighted by atomic mass is 16.5. The van der Waals surface area contributed by atoms with Crippen LogP contribution in [0.4, 0.5) is 0 Å². The van der Waals surface area contributed by atoms with Gasteiger partial charge in [0.25, 0.3) is 0 Å². The van der Waals surface area contributed by atoms with Crippen molar-refractivity contribution < 1.29 is 19.4 Å². The lowest BCUT2D eigenvalue weighted by molar-refractivity contribution is -0.162. The normalized spacial score (nSPS) is 57.0. The summed E-state index contributed by atoms with van der Waals surface area (Å²) in [4.78, 5) is 23.6. The molecule has 4 fully saturated rings. The summed E-state index contributed by atoms with van der Waals surface area (Å²) in [5.74, 6) is 1.09. The van der Waals surface area contributed by atoms with Gasteiger partial charge < -0.3 is 14.6 Å². The van der Waals surface area contributed by atoms with E-state index in [1.165, 1.54) is 0 Å². The smallest absolute Gasteiger partial charge is 0.143 e. The summed E-state index contributed by atoms with van der Waals surface area (Å²) < 4.78 is 6.16. The van der Waals surface area contributed by atoms with Crippen LogP contribution < -0.4 is 0 Å². The summed E-state index contributed by atoms with van der Waals surface area (Å²) in [5, 5.41) is 10.8. The Bertz CT molecular complexity index is 570. The van der Waals surface area contributed by atoms with Gasteiger partial charge in [-0.15, -0.1) is 0 Å². The lowest BCUT2D eigenvalue weighted by Crippen LogP contribution is -2.59. The lowest BCUT2D eigenvalue weighted by atomic mass is 9.45. The molecule has 1 saturated heterocycles. The number of hydrogen-bond acceptors (Lipinski definition) is 4. The molecule has 1 unspecified atom stereocenters. The highest BCUT2D eigenvalue weighted by Crippen LogP contribution is 2.64. The summed E-state index contributed by atoms with van der Waals surface area (Å²) in [5.41, 5.74) is -0.873. The highest BCUT2D eigenvalue weighted by Gasteiger charge is 2.65. The first kappa shape index (κ1) is 16.7. The molecule has 3 saturated carbocycles. The molecule has 1 aliphatic heterocycles. The zero-order valence-corrected chi connectivity index (χ0v) is 15.1. The van der Waals surface area contributed by atoms with Gasteiger partial charge in [-0.1, -0.05) is 13.8 Å². The van der Waals surface area contributed by atoms with Crippen molar-refractivity contribution in [1.82, 2.24) is 0 Å². The average molecular weight is 334 g/mol. The van der Waals surface area contributed by atoms with Crippen molar-refractivity contribution in [2.75, 3.05) is 6.61 Å². The zero-order chi connectivity index (χ0) is 17.3. The van der Waals surface area contributed by atoms with Crippen LogP contribution >= 0.6 is 0 Å². The summed E-state index contributed by atoms with van der Waals surface area (Å²) in [6.07, 6.45) is 6.43. The van der Waals surface area contributed by atoms with Crippen molar-refractivity contribution in [2.24, 2.45) is 34.5 Å². The van der Waals surface area contributed by atoms with E-state index in [0.717, 1.165) is 32.0 Å². The number of fused-ring (bicyclic) bond motifs is 5. The zero-order valence-electron chi connectivity index (χ0n) is 15.1. The first-order valence-corrected chi connectivity index (χ1v) is 9.55. The van der Waals surface area contributed by atoms with Gasteiger partial charge in [0, 0.05) is 11.8 Å². The second-order valence-corrected chi connectivity index (χ2v) is 9.63. The topological polar surface area (TPSA) is 63.6 Å². The van der Waals surface area contributed by atoms with Gasteiger partial charge in [0.1, 0.15) is 12.1 Å². The van der Waals surface area contributed by atoms with Crippen molar-refractivity contribution in [2.45, 2.75) is 71.0 Å². The molecular weight excluding hydrogens is 304 g/mol. The number of ketones is 1. The van der Waals surface area contributed by atoms with Gasteiger partial charge in [0.05, 0.1) is 24.2 Å².